The van der Waals surface area contributed by atoms with E-state index in [1.807, 2.05) is 36.4 Å². The Labute approximate surface area is 162 Å². The molecule has 2 aromatic carbocycles. The molecule has 0 fully saturated rings. The molecule has 0 bridgehead atoms. The summed E-state index contributed by atoms with van der Waals surface area (Å²) in [7, 11) is 0. The Kier molecular flexibility index (Phi) is 4.76. The fraction of sp³-hybridized carbons (Fsp3) is 0.136. The summed E-state index contributed by atoms with van der Waals surface area (Å²) in [6, 6.07) is 18.4. The van der Waals surface area contributed by atoms with E-state index in [1.54, 1.807) is 30.5 Å². The average molecular weight is 373 g/mol. The van der Waals surface area contributed by atoms with Gasteiger partial charge in [-0.25, -0.2) is 0 Å². The third kappa shape index (κ3) is 3.71. The molecule has 0 radical (unpaired) electrons. The number of carbonyl (C=O) groups is 1. The van der Waals surface area contributed by atoms with E-state index in [1.165, 1.54) is 0 Å². The number of nitrogens with one attached hydrogen (secondary N) is 1. The van der Waals surface area contributed by atoms with E-state index in [2.05, 4.69) is 29.4 Å². The first-order chi connectivity index (χ1) is 13.6. The minimum absolute atomic E-state index is 0.165. The topological polar surface area (TPSA) is 81.2 Å². The van der Waals surface area contributed by atoms with Gasteiger partial charge in [-0.3, -0.25) is 4.79 Å². The van der Waals surface area contributed by atoms with Gasteiger partial charge in [-0.05, 0) is 53.9 Å². The zero-order valence-corrected chi connectivity index (χ0v) is 15.5. The maximum Gasteiger partial charge on any atom is 0.283 e. The van der Waals surface area contributed by atoms with Crippen LogP contribution in [0.5, 0.6) is 0 Å². The number of carbonyl (C=O) groups excluding carboxylic acids is 1. The lowest BCUT2D eigenvalue weighted by atomic mass is 10.0. The van der Waals surface area contributed by atoms with Crippen LogP contribution in [0.2, 0.25) is 0 Å². The SMILES string of the molecule is CC(C)c1cccc(C(=O)Nc2cccc(-c3nnc(-c4ccco4)o3)c2)c1. The standard InChI is InChI=1S/C22H19N3O3/c1-14(2)15-6-3-7-16(12-15)20(26)23-18-9-4-8-17(13-18)21-24-25-22(28-21)19-10-5-11-27-19/h3-14H,1-2H3,(H,23,26). The lowest BCUT2D eigenvalue weighted by Crippen LogP contribution is -2.12. The summed E-state index contributed by atoms with van der Waals surface area (Å²) in [5.74, 6) is 1.36. The monoisotopic (exact) mass is 373 g/mol. The van der Waals surface area contributed by atoms with Crippen molar-refractivity contribution < 1.29 is 13.6 Å². The van der Waals surface area contributed by atoms with E-state index < -0.39 is 0 Å². The molecule has 0 spiro atoms. The van der Waals surface area contributed by atoms with Crippen LogP contribution in [0.15, 0.2) is 75.8 Å². The number of aromatic nitrogens is 2. The van der Waals surface area contributed by atoms with Gasteiger partial charge >= 0.3 is 0 Å². The first kappa shape index (κ1) is 17.7. The maximum atomic E-state index is 12.6. The van der Waals surface area contributed by atoms with Crippen molar-refractivity contribution in [2.24, 2.45) is 0 Å². The van der Waals surface area contributed by atoms with Crippen molar-refractivity contribution in [1.82, 2.24) is 10.2 Å². The average Bonchev–Trinajstić information content (AvgIpc) is 3.40. The Hall–Kier alpha value is -3.67. The molecule has 4 rings (SSSR count). The number of rotatable bonds is 5. The van der Waals surface area contributed by atoms with Crippen molar-refractivity contribution in [1.29, 1.82) is 0 Å². The van der Waals surface area contributed by atoms with Gasteiger partial charge in [-0.15, -0.1) is 10.2 Å². The fourth-order valence-electron chi connectivity index (χ4n) is 2.81. The van der Waals surface area contributed by atoms with Crippen molar-refractivity contribution in [3.05, 3.63) is 78.1 Å². The highest BCUT2D eigenvalue weighted by molar-refractivity contribution is 6.04. The molecule has 0 aliphatic rings. The predicted octanol–water partition coefficient (Wildman–Crippen LogP) is 5.37. The van der Waals surface area contributed by atoms with Gasteiger partial charge in [0.2, 0.25) is 5.89 Å². The molecule has 1 amide bonds. The Morgan fingerprint density at radius 1 is 0.964 bits per heavy atom. The van der Waals surface area contributed by atoms with Crippen LogP contribution in [0.3, 0.4) is 0 Å². The molecule has 0 aliphatic carbocycles. The van der Waals surface area contributed by atoms with Crippen LogP contribution in [-0.4, -0.2) is 16.1 Å². The van der Waals surface area contributed by atoms with Crippen LogP contribution in [0, 0.1) is 0 Å². The van der Waals surface area contributed by atoms with Crippen molar-refractivity contribution in [2.75, 3.05) is 5.32 Å². The van der Waals surface area contributed by atoms with E-state index in [0.29, 0.717) is 40.3 Å². The zero-order chi connectivity index (χ0) is 19.5. The highest BCUT2D eigenvalue weighted by Crippen LogP contribution is 2.26. The molecule has 0 atom stereocenters. The molecule has 2 aromatic heterocycles. The van der Waals surface area contributed by atoms with Gasteiger partial charge < -0.3 is 14.2 Å². The van der Waals surface area contributed by atoms with Crippen molar-refractivity contribution >= 4 is 11.6 Å². The number of anilines is 1. The van der Waals surface area contributed by atoms with Crippen LogP contribution in [0.4, 0.5) is 5.69 Å². The second kappa shape index (κ2) is 7.52. The van der Waals surface area contributed by atoms with Crippen LogP contribution in [0.25, 0.3) is 23.1 Å². The van der Waals surface area contributed by atoms with E-state index in [0.717, 1.165) is 5.56 Å². The third-order valence-electron chi connectivity index (χ3n) is 4.34. The van der Waals surface area contributed by atoms with E-state index in [9.17, 15) is 4.79 Å². The number of benzene rings is 2. The summed E-state index contributed by atoms with van der Waals surface area (Å²) >= 11 is 0. The molecular formula is C22H19N3O3. The minimum atomic E-state index is -0.165. The van der Waals surface area contributed by atoms with Gasteiger partial charge in [-0.2, -0.15) is 0 Å². The molecule has 28 heavy (non-hydrogen) atoms. The molecule has 2 heterocycles. The lowest BCUT2D eigenvalue weighted by Gasteiger charge is -2.09. The molecule has 1 N–H and O–H groups in total. The first-order valence-corrected chi connectivity index (χ1v) is 8.99. The highest BCUT2D eigenvalue weighted by atomic mass is 16.4. The van der Waals surface area contributed by atoms with Gasteiger partial charge in [0.15, 0.2) is 5.76 Å². The number of nitrogens with zero attached hydrogens (tertiary/aromatic N) is 2. The Bertz CT molecular complexity index is 1100. The quantitative estimate of drug-likeness (QED) is 0.508. The molecule has 0 saturated carbocycles. The summed E-state index contributed by atoms with van der Waals surface area (Å²) in [6.07, 6.45) is 1.55. The van der Waals surface area contributed by atoms with Crippen molar-refractivity contribution in [3.63, 3.8) is 0 Å². The third-order valence-corrected chi connectivity index (χ3v) is 4.34. The summed E-state index contributed by atoms with van der Waals surface area (Å²) < 4.78 is 10.9. The molecule has 0 saturated heterocycles. The second-order valence-electron chi connectivity index (χ2n) is 6.70. The zero-order valence-electron chi connectivity index (χ0n) is 15.5. The second-order valence-corrected chi connectivity index (χ2v) is 6.70. The van der Waals surface area contributed by atoms with Gasteiger partial charge in [0.1, 0.15) is 0 Å². The lowest BCUT2D eigenvalue weighted by molar-refractivity contribution is 0.102. The predicted molar refractivity (Wildman–Crippen MR) is 106 cm³/mol. The Morgan fingerprint density at radius 2 is 1.79 bits per heavy atom. The van der Waals surface area contributed by atoms with Crippen molar-refractivity contribution in [3.8, 4) is 23.1 Å². The summed E-state index contributed by atoms with van der Waals surface area (Å²) in [6.45, 7) is 4.20. The normalized spacial score (nSPS) is 11.0. The Balaban J connectivity index is 1.54. The largest absolute Gasteiger partial charge is 0.459 e. The molecule has 6 heteroatoms. The molecule has 6 nitrogen and oxygen atoms in total. The molecule has 0 aliphatic heterocycles. The molecular weight excluding hydrogens is 354 g/mol. The van der Waals surface area contributed by atoms with Crippen LogP contribution in [-0.2, 0) is 0 Å². The number of hydrogen-bond donors (Lipinski definition) is 1. The highest BCUT2D eigenvalue weighted by Gasteiger charge is 2.14. The maximum absolute atomic E-state index is 12.6. The smallest absolute Gasteiger partial charge is 0.283 e. The van der Waals surface area contributed by atoms with Crippen LogP contribution in [0.1, 0.15) is 35.7 Å². The Morgan fingerprint density at radius 3 is 2.57 bits per heavy atom. The minimum Gasteiger partial charge on any atom is -0.459 e. The summed E-state index contributed by atoms with van der Waals surface area (Å²) in [5, 5.41) is 11.0. The number of hydrogen-bond acceptors (Lipinski definition) is 5. The molecule has 0 unspecified atom stereocenters. The molecule has 140 valence electrons. The van der Waals surface area contributed by atoms with E-state index >= 15 is 0 Å². The van der Waals surface area contributed by atoms with E-state index in [-0.39, 0.29) is 5.91 Å². The van der Waals surface area contributed by atoms with Crippen molar-refractivity contribution in [2.45, 2.75) is 19.8 Å². The van der Waals surface area contributed by atoms with Gasteiger partial charge in [0.05, 0.1) is 6.26 Å². The van der Waals surface area contributed by atoms with Crippen LogP contribution < -0.4 is 5.32 Å². The molecule has 4 aromatic rings. The van der Waals surface area contributed by atoms with Gasteiger partial charge in [0, 0.05) is 16.8 Å². The van der Waals surface area contributed by atoms with Gasteiger partial charge in [0.25, 0.3) is 11.8 Å². The summed E-state index contributed by atoms with van der Waals surface area (Å²) in [4.78, 5) is 12.6. The first-order valence-electron chi connectivity index (χ1n) is 8.99. The van der Waals surface area contributed by atoms with E-state index in [4.69, 9.17) is 8.83 Å². The van der Waals surface area contributed by atoms with Crippen LogP contribution >= 0.6 is 0 Å². The summed E-state index contributed by atoms with van der Waals surface area (Å²) in [5.41, 5.74) is 3.10. The fourth-order valence-corrected chi connectivity index (χ4v) is 2.81. The number of amides is 1. The number of furan rings is 1. The van der Waals surface area contributed by atoms with Gasteiger partial charge in [-0.1, -0.05) is 32.0 Å².